The van der Waals surface area contributed by atoms with E-state index in [1.54, 1.807) is 45.9 Å². The second-order valence-corrected chi connectivity index (χ2v) is 9.16. The Morgan fingerprint density at radius 3 is 2.48 bits per heavy atom. The first kappa shape index (κ1) is 24.1. The van der Waals surface area contributed by atoms with Gasteiger partial charge < -0.3 is 20.3 Å². The van der Waals surface area contributed by atoms with Crippen molar-refractivity contribution in [3.05, 3.63) is 53.8 Å². The zero-order valence-electron chi connectivity index (χ0n) is 19.3. The molecule has 33 heavy (non-hydrogen) atoms. The zero-order chi connectivity index (χ0) is 24.2. The summed E-state index contributed by atoms with van der Waals surface area (Å²) in [4.78, 5) is 26.5. The fourth-order valence-electron chi connectivity index (χ4n) is 3.70. The van der Waals surface area contributed by atoms with E-state index in [0.29, 0.717) is 18.7 Å². The summed E-state index contributed by atoms with van der Waals surface area (Å²) in [6.45, 7) is 8.11. The number of hydrogen-bond acceptors (Lipinski definition) is 5. The number of benzene rings is 2. The number of nitrogens with one attached hydrogen (secondary N) is 2. The van der Waals surface area contributed by atoms with Crippen molar-refractivity contribution >= 4 is 17.7 Å². The molecule has 0 bridgehead atoms. The van der Waals surface area contributed by atoms with Gasteiger partial charge in [-0.1, -0.05) is 18.2 Å². The number of hydrogen-bond donors (Lipinski definition) is 2. The lowest BCUT2D eigenvalue weighted by atomic mass is 10.0. The molecule has 174 valence electrons. The third kappa shape index (κ3) is 6.45. The summed E-state index contributed by atoms with van der Waals surface area (Å²) < 4.78 is 18.4. The summed E-state index contributed by atoms with van der Waals surface area (Å²) in [7, 11) is 0. The van der Waals surface area contributed by atoms with Gasteiger partial charge in [-0.3, -0.25) is 4.79 Å². The van der Waals surface area contributed by atoms with E-state index in [4.69, 9.17) is 4.74 Å². The summed E-state index contributed by atoms with van der Waals surface area (Å²) in [5.74, 6) is -0.600. The molecule has 2 amide bonds. The maximum absolute atomic E-state index is 13.2. The summed E-state index contributed by atoms with van der Waals surface area (Å²) in [5, 5.41) is 15.2. The lowest BCUT2D eigenvalue weighted by molar-refractivity contribution is -0.123. The first-order chi connectivity index (χ1) is 15.6. The average Bonchev–Trinajstić information content (AvgIpc) is 3.20. The molecule has 0 unspecified atom stereocenters. The van der Waals surface area contributed by atoms with Crippen LogP contribution in [-0.4, -0.2) is 42.8 Å². The van der Waals surface area contributed by atoms with Gasteiger partial charge in [-0.15, -0.1) is 0 Å². The summed E-state index contributed by atoms with van der Waals surface area (Å²) in [5.41, 5.74) is 2.33. The molecule has 1 aliphatic heterocycles. The first-order valence-electron chi connectivity index (χ1n) is 10.9. The number of nitriles is 1. The number of carbonyl (C=O) groups excluding carboxylic acids is 2. The van der Waals surface area contributed by atoms with Crippen molar-refractivity contribution in [2.45, 2.75) is 51.8 Å². The number of alkyl carbamates (subject to hydrolysis) is 1. The van der Waals surface area contributed by atoms with Crippen molar-refractivity contribution in [1.82, 2.24) is 10.6 Å². The van der Waals surface area contributed by atoms with Gasteiger partial charge in [0, 0.05) is 19.1 Å². The Balaban J connectivity index is 1.61. The monoisotopic (exact) mass is 452 g/mol. The second kappa shape index (κ2) is 9.90. The van der Waals surface area contributed by atoms with Crippen molar-refractivity contribution in [2.75, 3.05) is 18.0 Å². The highest BCUT2D eigenvalue weighted by Gasteiger charge is 2.28. The van der Waals surface area contributed by atoms with E-state index in [1.165, 1.54) is 12.1 Å². The molecule has 1 saturated heterocycles. The molecule has 0 saturated carbocycles. The molecule has 2 aromatic rings. The number of amides is 2. The highest BCUT2D eigenvalue weighted by atomic mass is 19.1. The Hall–Kier alpha value is -3.60. The Kier molecular flexibility index (Phi) is 7.22. The molecule has 0 aromatic heterocycles. The quantitative estimate of drug-likeness (QED) is 0.716. The summed E-state index contributed by atoms with van der Waals surface area (Å²) in [6.07, 6.45) is 0.0771. The van der Waals surface area contributed by atoms with Crippen LogP contribution in [0.2, 0.25) is 0 Å². The number of anilines is 1. The molecule has 7 nitrogen and oxygen atoms in total. The molecule has 1 fully saturated rings. The number of carbonyl (C=O) groups is 2. The van der Waals surface area contributed by atoms with E-state index in [1.807, 2.05) is 12.1 Å². The van der Waals surface area contributed by atoms with Gasteiger partial charge in [0.2, 0.25) is 5.91 Å². The van der Waals surface area contributed by atoms with Crippen molar-refractivity contribution < 1.29 is 18.7 Å². The van der Waals surface area contributed by atoms with Crippen LogP contribution >= 0.6 is 0 Å². The lowest BCUT2D eigenvalue weighted by Crippen LogP contribution is -2.49. The second-order valence-electron chi connectivity index (χ2n) is 9.16. The molecule has 2 atom stereocenters. The number of nitrogens with zero attached hydrogens (tertiary/aromatic N) is 2. The van der Waals surface area contributed by atoms with E-state index < -0.39 is 17.7 Å². The lowest BCUT2D eigenvalue weighted by Gasteiger charge is -2.23. The highest BCUT2D eigenvalue weighted by molar-refractivity contribution is 5.85. The van der Waals surface area contributed by atoms with E-state index in [-0.39, 0.29) is 17.8 Å². The van der Waals surface area contributed by atoms with E-state index in [2.05, 4.69) is 21.6 Å². The van der Waals surface area contributed by atoms with Crippen LogP contribution in [0.15, 0.2) is 42.5 Å². The molecule has 0 radical (unpaired) electrons. The predicted octanol–water partition coefficient (Wildman–Crippen LogP) is 3.97. The van der Waals surface area contributed by atoms with Crippen LogP contribution in [0.4, 0.5) is 14.9 Å². The molecule has 2 N–H and O–H groups in total. The minimum Gasteiger partial charge on any atom is -0.444 e. The fraction of sp³-hybridized carbons (Fsp3) is 0.400. The molecule has 2 aromatic carbocycles. The van der Waals surface area contributed by atoms with Crippen molar-refractivity contribution in [1.29, 1.82) is 5.26 Å². The van der Waals surface area contributed by atoms with Crippen molar-refractivity contribution in [3.8, 4) is 17.2 Å². The van der Waals surface area contributed by atoms with Crippen molar-refractivity contribution in [2.24, 2.45) is 0 Å². The van der Waals surface area contributed by atoms with Gasteiger partial charge in [0.25, 0.3) is 0 Å². The third-order valence-electron chi connectivity index (χ3n) is 5.30. The Labute approximate surface area is 193 Å². The molecule has 1 heterocycles. The minimum atomic E-state index is -0.737. The third-order valence-corrected chi connectivity index (χ3v) is 5.30. The molecule has 0 spiro atoms. The van der Waals surface area contributed by atoms with Crippen LogP contribution < -0.4 is 15.5 Å². The zero-order valence-corrected chi connectivity index (χ0v) is 19.3. The average molecular weight is 453 g/mol. The summed E-state index contributed by atoms with van der Waals surface area (Å²) >= 11 is 0. The van der Waals surface area contributed by atoms with Gasteiger partial charge in [-0.25, -0.2) is 9.18 Å². The van der Waals surface area contributed by atoms with Crippen LogP contribution in [0.25, 0.3) is 11.1 Å². The van der Waals surface area contributed by atoms with Gasteiger partial charge in [0.05, 0.1) is 11.3 Å². The number of halogens is 1. The van der Waals surface area contributed by atoms with Gasteiger partial charge in [0.15, 0.2) is 0 Å². The molecule has 3 rings (SSSR count). The van der Waals surface area contributed by atoms with E-state index in [0.717, 1.165) is 23.2 Å². The molecule has 1 aliphatic rings. The Bertz CT molecular complexity index is 1060. The predicted molar refractivity (Wildman–Crippen MR) is 124 cm³/mol. The SMILES string of the molecule is C[C@H](NC(=O)OC(C)(C)C)C(=O)N[C@H]1CCN(c2ccc(-c3ccc(F)cc3)cc2C#N)C1. The van der Waals surface area contributed by atoms with Crippen LogP contribution in [0.3, 0.4) is 0 Å². The first-order valence-corrected chi connectivity index (χ1v) is 10.9. The standard InChI is InChI=1S/C25H29FN4O3/c1-16(28-24(32)33-25(2,3)4)23(31)29-21-11-12-30(15-21)22-10-7-18(13-19(22)14-27)17-5-8-20(26)9-6-17/h5-10,13,16,21H,11-12,15H2,1-4H3,(H,28,32)(H,29,31)/t16-,21-/m0/s1. The number of ether oxygens (including phenoxy) is 1. The maximum atomic E-state index is 13.2. The molecule has 8 heteroatoms. The Morgan fingerprint density at radius 2 is 1.85 bits per heavy atom. The molecular formula is C25H29FN4O3. The summed E-state index contributed by atoms with van der Waals surface area (Å²) in [6, 6.07) is 13.1. The minimum absolute atomic E-state index is 0.108. The Morgan fingerprint density at radius 1 is 1.18 bits per heavy atom. The van der Waals surface area contributed by atoms with Gasteiger partial charge in [-0.05, 0) is 69.5 Å². The fourth-order valence-corrected chi connectivity index (χ4v) is 3.70. The van der Waals surface area contributed by atoms with Crippen LogP contribution in [0, 0.1) is 17.1 Å². The maximum Gasteiger partial charge on any atom is 0.408 e. The largest absolute Gasteiger partial charge is 0.444 e. The van der Waals surface area contributed by atoms with Gasteiger partial charge in [0.1, 0.15) is 23.5 Å². The molecule has 0 aliphatic carbocycles. The van der Waals surface area contributed by atoms with E-state index in [9.17, 15) is 19.2 Å². The highest BCUT2D eigenvalue weighted by Crippen LogP contribution is 2.29. The van der Waals surface area contributed by atoms with Crippen molar-refractivity contribution in [3.63, 3.8) is 0 Å². The van der Waals surface area contributed by atoms with Crippen LogP contribution in [-0.2, 0) is 9.53 Å². The van der Waals surface area contributed by atoms with Gasteiger partial charge in [-0.2, -0.15) is 5.26 Å². The number of rotatable bonds is 5. The topological polar surface area (TPSA) is 94.5 Å². The smallest absolute Gasteiger partial charge is 0.408 e. The van der Waals surface area contributed by atoms with Crippen LogP contribution in [0.1, 0.15) is 39.7 Å². The normalized spacial score (nSPS) is 16.6. The van der Waals surface area contributed by atoms with Gasteiger partial charge >= 0.3 is 6.09 Å². The molecular weight excluding hydrogens is 423 g/mol. The van der Waals surface area contributed by atoms with Crippen LogP contribution in [0.5, 0.6) is 0 Å². The van der Waals surface area contributed by atoms with E-state index >= 15 is 0 Å².